The van der Waals surface area contributed by atoms with Crippen LogP contribution in [0.1, 0.15) is 52.4 Å². The first-order valence-electron chi connectivity index (χ1n) is 9.00. The van der Waals surface area contributed by atoms with Crippen molar-refractivity contribution in [1.29, 1.82) is 0 Å². The van der Waals surface area contributed by atoms with Crippen molar-refractivity contribution >= 4 is 23.0 Å². The number of thiophene rings is 1. The molecule has 0 saturated heterocycles. The number of aryl methyl sites for hydroxylation is 1. The number of nitrogens with zero attached hydrogens (tertiary/aromatic N) is 1. The van der Waals surface area contributed by atoms with E-state index in [1.54, 1.807) is 11.3 Å². The number of rotatable bonds is 4. The summed E-state index contributed by atoms with van der Waals surface area (Å²) in [6.45, 7) is 4.35. The van der Waals surface area contributed by atoms with Crippen LogP contribution in [0.2, 0.25) is 0 Å². The van der Waals surface area contributed by atoms with Gasteiger partial charge in [0, 0.05) is 10.4 Å². The number of hydrogen-bond donors (Lipinski definition) is 1. The average molecular weight is 370 g/mol. The summed E-state index contributed by atoms with van der Waals surface area (Å²) in [5, 5.41) is 4.26. The van der Waals surface area contributed by atoms with E-state index in [4.69, 9.17) is 9.47 Å². The second-order valence-corrected chi connectivity index (χ2v) is 7.92. The Morgan fingerprint density at radius 1 is 1.31 bits per heavy atom. The Labute approximate surface area is 157 Å². The van der Waals surface area contributed by atoms with E-state index in [0.717, 1.165) is 40.7 Å². The maximum atomic E-state index is 12.5. The van der Waals surface area contributed by atoms with Crippen LogP contribution in [0.3, 0.4) is 0 Å². The van der Waals surface area contributed by atoms with Crippen molar-refractivity contribution in [3.63, 3.8) is 0 Å². The van der Waals surface area contributed by atoms with Crippen LogP contribution in [0.15, 0.2) is 29.4 Å². The van der Waals surface area contributed by atoms with E-state index < -0.39 is 0 Å². The van der Waals surface area contributed by atoms with Gasteiger partial charge < -0.3 is 9.47 Å². The lowest BCUT2D eigenvalue weighted by molar-refractivity contribution is 0.0959. The van der Waals surface area contributed by atoms with Gasteiger partial charge in [-0.3, -0.25) is 4.79 Å². The molecule has 4 rings (SSSR count). The number of fused-ring (bicyclic) bond motifs is 2. The molecule has 2 aromatic rings. The minimum Gasteiger partial charge on any atom is -0.454 e. The molecule has 2 aliphatic rings. The number of carbonyl (C=O) groups is 1. The zero-order valence-electron chi connectivity index (χ0n) is 15.0. The molecule has 136 valence electrons. The molecule has 0 radical (unpaired) electrons. The van der Waals surface area contributed by atoms with Crippen LogP contribution in [-0.2, 0) is 12.8 Å². The van der Waals surface area contributed by atoms with E-state index >= 15 is 0 Å². The summed E-state index contributed by atoms with van der Waals surface area (Å²) in [7, 11) is 0. The van der Waals surface area contributed by atoms with Gasteiger partial charge in [0.15, 0.2) is 11.5 Å². The topological polar surface area (TPSA) is 59.9 Å². The molecule has 6 heteroatoms. The molecule has 1 aliphatic heterocycles. The fourth-order valence-electron chi connectivity index (χ4n) is 3.44. The first-order valence-corrected chi connectivity index (χ1v) is 9.82. The highest BCUT2D eigenvalue weighted by molar-refractivity contribution is 7.14. The van der Waals surface area contributed by atoms with E-state index in [1.165, 1.54) is 23.3 Å². The molecule has 1 aromatic carbocycles. The van der Waals surface area contributed by atoms with E-state index in [1.807, 2.05) is 31.2 Å². The molecule has 1 amide bonds. The molecule has 0 saturated carbocycles. The number of carbonyl (C=O) groups excluding carboxylic acids is 1. The Hall–Kier alpha value is -2.34. The Morgan fingerprint density at radius 2 is 2.15 bits per heavy atom. The molecule has 1 atom stereocenters. The van der Waals surface area contributed by atoms with Gasteiger partial charge in [-0.1, -0.05) is 13.3 Å². The lowest BCUT2D eigenvalue weighted by Crippen LogP contribution is -2.18. The van der Waals surface area contributed by atoms with Gasteiger partial charge in [0.05, 0.1) is 10.6 Å². The van der Waals surface area contributed by atoms with Gasteiger partial charge in [0.2, 0.25) is 6.79 Å². The number of hydrazone groups is 1. The van der Waals surface area contributed by atoms with Crippen LogP contribution in [0.4, 0.5) is 0 Å². The lowest BCUT2D eigenvalue weighted by atomic mass is 9.87. The molecule has 1 N–H and O–H groups in total. The van der Waals surface area contributed by atoms with Crippen LogP contribution in [0, 0.1) is 5.92 Å². The van der Waals surface area contributed by atoms with Crippen molar-refractivity contribution in [2.75, 3.05) is 6.79 Å². The third kappa shape index (κ3) is 3.33. The highest BCUT2D eigenvalue weighted by Gasteiger charge is 2.22. The zero-order valence-corrected chi connectivity index (χ0v) is 15.8. The zero-order chi connectivity index (χ0) is 18.1. The summed E-state index contributed by atoms with van der Waals surface area (Å²) < 4.78 is 10.7. The molecular weight excluding hydrogens is 348 g/mol. The molecule has 0 unspecified atom stereocenters. The van der Waals surface area contributed by atoms with Crippen LogP contribution >= 0.6 is 11.3 Å². The number of hydrogen-bond acceptors (Lipinski definition) is 5. The van der Waals surface area contributed by atoms with Crippen molar-refractivity contribution in [3.05, 3.63) is 45.1 Å². The molecule has 1 aromatic heterocycles. The van der Waals surface area contributed by atoms with Gasteiger partial charge in [-0.25, -0.2) is 5.43 Å². The predicted octanol–water partition coefficient (Wildman–Crippen LogP) is 4.15. The Bertz CT molecular complexity index is 872. The maximum Gasteiger partial charge on any atom is 0.281 e. The summed E-state index contributed by atoms with van der Waals surface area (Å²) in [6.07, 6.45) is 4.61. The van der Waals surface area contributed by atoms with Crippen molar-refractivity contribution < 1.29 is 14.3 Å². The fourth-order valence-corrected chi connectivity index (χ4v) is 4.53. The average Bonchev–Trinajstić information content (AvgIpc) is 3.30. The van der Waals surface area contributed by atoms with Crippen molar-refractivity contribution in [1.82, 2.24) is 5.43 Å². The van der Waals surface area contributed by atoms with Crippen molar-refractivity contribution in [2.45, 2.75) is 39.5 Å². The summed E-state index contributed by atoms with van der Waals surface area (Å²) in [5.41, 5.74) is 5.65. The second kappa shape index (κ2) is 7.11. The minimum absolute atomic E-state index is 0.141. The Kier molecular flexibility index (Phi) is 4.68. The smallest absolute Gasteiger partial charge is 0.281 e. The minimum atomic E-state index is -0.141. The third-order valence-corrected chi connectivity index (χ3v) is 6.34. The molecule has 0 spiro atoms. The maximum absolute atomic E-state index is 12.5. The fraction of sp³-hybridized carbons (Fsp3) is 0.400. The molecule has 26 heavy (non-hydrogen) atoms. The number of amides is 1. The van der Waals surface area contributed by atoms with Gasteiger partial charge in [-0.15, -0.1) is 11.3 Å². The lowest BCUT2D eigenvalue weighted by Gasteiger charge is -2.19. The molecule has 0 bridgehead atoms. The summed E-state index contributed by atoms with van der Waals surface area (Å²) in [6, 6.07) is 7.69. The predicted molar refractivity (Wildman–Crippen MR) is 102 cm³/mol. The first-order chi connectivity index (χ1) is 12.6. The number of ether oxygens (including phenoxy) is 2. The summed E-state index contributed by atoms with van der Waals surface area (Å²) in [4.78, 5) is 14.6. The largest absolute Gasteiger partial charge is 0.454 e. The highest BCUT2D eigenvalue weighted by atomic mass is 32.1. The first kappa shape index (κ1) is 17.1. The van der Waals surface area contributed by atoms with Crippen molar-refractivity contribution in [3.8, 4) is 11.5 Å². The van der Waals surface area contributed by atoms with Crippen LogP contribution in [0.25, 0.3) is 0 Å². The van der Waals surface area contributed by atoms with Crippen molar-refractivity contribution in [2.24, 2.45) is 11.0 Å². The van der Waals surface area contributed by atoms with E-state index in [9.17, 15) is 4.79 Å². The highest BCUT2D eigenvalue weighted by Crippen LogP contribution is 2.34. The van der Waals surface area contributed by atoms with E-state index in [-0.39, 0.29) is 12.7 Å². The van der Waals surface area contributed by atoms with E-state index in [2.05, 4.69) is 17.5 Å². The van der Waals surface area contributed by atoms with E-state index in [0.29, 0.717) is 5.75 Å². The molecule has 2 heterocycles. The number of benzene rings is 1. The summed E-state index contributed by atoms with van der Waals surface area (Å²) in [5.74, 6) is 2.05. The molecular formula is C20H22N2O3S. The monoisotopic (exact) mass is 370 g/mol. The Balaban J connectivity index is 1.45. The standard InChI is InChI=1S/C20H22N2O3S/c1-3-13-4-7-18-15(8-13)10-19(26-18)20(23)22-21-12(2)14-5-6-16-17(9-14)25-11-24-16/h5-6,9-10,13H,3-4,7-8,11H2,1-2H3,(H,22,23)/b21-12-/t13-/m0/s1. The van der Waals surface area contributed by atoms with Gasteiger partial charge in [-0.05, 0) is 61.9 Å². The van der Waals surface area contributed by atoms with Crippen LogP contribution < -0.4 is 14.9 Å². The third-order valence-electron chi connectivity index (χ3n) is 5.10. The van der Waals surface area contributed by atoms with Gasteiger partial charge in [0.1, 0.15) is 0 Å². The van der Waals surface area contributed by atoms with Gasteiger partial charge in [0.25, 0.3) is 5.91 Å². The van der Waals surface area contributed by atoms with Crippen LogP contribution in [-0.4, -0.2) is 18.4 Å². The van der Waals surface area contributed by atoms with Crippen LogP contribution in [0.5, 0.6) is 11.5 Å². The van der Waals surface area contributed by atoms with Gasteiger partial charge in [-0.2, -0.15) is 5.10 Å². The SMILES string of the molecule is CC[C@H]1CCc2sc(C(=O)N/N=C(/C)c3ccc4c(c3)OCO4)cc2C1. The number of nitrogens with one attached hydrogen (secondary N) is 1. The quantitative estimate of drug-likeness (QED) is 0.650. The second-order valence-electron chi connectivity index (χ2n) is 6.78. The molecule has 5 nitrogen and oxygen atoms in total. The normalized spacial score (nSPS) is 18.5. The summed E-state index contributed by atoms with van der Waals surface area (Å²) >= 11 is 1.60. The molecule has 1 aliphatic carbocycles. The Morgan fingerprint density at radius 3 is 3.00 bits per heavy atom. The molecule has 0 fully saturated rings. The van der Waals surface area contributed by atoms with Gasteiger partial charge >= 0.3 is 0 Å².